The molecule has 4 heteroatoms. The molecule has 0 saturated carbocycles. The number of guanidine groups is 1. The molecule has 0 radical (unpaired) electrons. The largest absolute Gasteiger partial charge is 0.369 e. The minimum absolute atomic E-state index is 0.0195. The number of anilines is 1. The SMILES string of the molecule is Cc1ccc(C2CN=C(N)N2c2cccc(F)c2)cc1C. The summed E-state index contributed by atoms with van der Waals surface area (Å²) in [6, 6.07) is 12.8. The first-order valence-corrected chi connectivity index (χ1v) is 6.98. The van der Waals surface area contributed by atoms with E-state index in [2.05, 4.69) is 37.0 Å². The van der Waals surface area contributed by atoms with Gasteiger partial charge in [0.05, 0.1) is 12.6 Å². The second-order valence-corrected chi connectivity index (χ2v) is 5.41. The van der Waals surface area contributed by atoms with Crippen molar-refractivity contribution in [2.45, 2.75) is 19.9 Å². The van der Waals surface area contributed by atoms with Crippen LogP contribution in [0.1, 0.15) is 22.7 Å². The fourth-order valence-electron chi connectivity index (χ4n) is 2.66. The van der Waals surface area contributed by atoms with Gasteiger partial charge in [0.2, 0.25) is 0 Å². The molecule has 0 amide bonds. The lowest BCUT2D eigenvalue weighted by atomic mass is 10.00. The van der Waals surface area contributed by atoms with Crippen LogP contribution in [0.2, 0.25) is 0 Å². The molecule has 21 heavy (non-hydrogen) atoms. The number of rotatable bonds is 2. The van der Waals surface area contributed by atoms with Gasteiger partial charge < -0.3 is 10.6 Å². The van der Waals surface area contributed by atoms with Gasteiger partial charge in [-0.3, -0.25) is 4.99 Å². The first kappa shape index (κ1) is 13.6. The Balaban J connectivity index is 2.00. The smallest absolute Gasteiger partial charge is 0.196 e. The molecule has 0 saturated heterocycles. The van der Waals surface area contributed by atoms with Gasteiger partial charge in [-0.25, -0.2) is 4.39 Å². The van der Waals surface area contributed by atoms with Gasteiger partial charge in [-0.15, -0.1) is 0 Å². The lowest BCUT2D eigenvalue weighted by Gasteiger charge is -2.27. The number of halogens is 1. The van der Waals surface area contributed by atoms with Crippen molar-refractivity contribution in [3.05, 3.63) is 65.0 Å². The fourth-order valence-corrected chi connectivity index (χ4v) is 2.66. The van der Waals surface area contributed by atoms with Crippen LogP contribution in [-0.4, -0.2) is 12.5 Å². The first-order valence-electron chi connectivity index (χ1n) is 6.98. The highest BCUT2D eigenvalue weighted by Crippen LogP contribution is 2.32. The molecule has 3 nitrogen and oxygen atoms in total. The topological polar surface area (TPSA) is 41.6 Å². The predicted octanol–water partition coefficient (Wildman–Crippen LogP) is 3.32. The maximum atomic E-state index is 13.5. The minimum atomic E-state index is -0.272. The van der Waals surface area contributed by atoms with Crippen LogP contribution in [0.15, 0.2) is 47.5 Å². The molecular weight excluding hydrogens is 265 g/mol. The Labute approximate surface area is 123 Å². The van der Waals surface area contributed by atoms with Crippen molar-refractivity contribution in [1.82, 2.24) is 0 Å². The van der Waals surface area contributed by atoms with Crippen LogP contribution < -0.4 is 10.6 Å². The lowest BCUT2D eigenvalue weighted by Crippen LogP contribution is -2.36. The summed E-state index contributed by atoms with van der Waals surface area (Å²) in [6.45, 7) is 4.76. The van der Waals surface area contributed by atoms with Gasteiger partial charge in [0.15, 0.2) is 5.96 Å². The van der Waals surface area contributed by atoms with Crippen LogP contribution in [0.3, 0.4) is 0 Å². The third-order valence-electron chi connectivity index (χ3n) is 3.99. The van der Waals surface area contributed by atoms with E-state index in [1.807, 2.05) is 11.0 Å². The molecule has 0 spiro atoms. The Morgan fingerprint density at radius 3 is 2.67 bits per heavy atom. The standard InChI is InChI=1S/C17H18FN3/c1-11-6-7-13(8-12(11)2)16-10-20-17(19)21(16)15-5-3-4-14(18)9-15/h3-9,16H,10H2,1-2H3,(H2,19,20). The van der Waals surface area contributed by atoms with E-state index in [4.69, 9.17) is 5.73 Å². The van der Waals surface area contributed by atoms with E-state index in [0.29, 0.717) is 12.5 Å². The number of aliphatic imine (C=N–C) groups is 1. The maximum Gasteiger partial charge on any atom is 0.196 e. The molecule has 108 valence electrons. The summed E-state index contributed by atoms with van der Waals surface area (Å²) in [5.74, 6) is 0.162. The molecule has 1 aliphatic heterocycles. The highest BCUT2D eigenvalue weighted by Gasteiger charge is 2.29. The lowest BCUT2D eigenvalue weighted by molar-refractivity contribution is 0.626. The zero-order valence-electron chi connectivity index (χ0n) is 12.2. The molecular formula is C17H18FN3. The highest BCUT2D eigenvalue weighted by molar-refractivity contribution is 5.97. The molecule has 2 aromatic carbocycles. The second kappa shape index (κ2) is 5.20. The van der Waals surface area contributed by atoms with Crippen molar-refractivity contribution in [3.63, 3.8) is 0 Å². The average Bonchev–Trinajstić information content (AvgIpc) is 2.84. The van der Waals surface area contributed by atoms with E-state index >= 15 is 0 Å². The molecule has 0 fully saturated rings. The Hall–Kier alpha value is -2.36. The third kappa shape index (κ3) is 2.49. The van der Waals surface area contributed by atoms with Crippen LogP contribution in [0, 0.1) is 19.7 Å². The zero-order chi connectivity index (χ0) is 15.0. The van der Waals surface area contributed by atoms with Crippen molar-refractivity contribution in [3.8, 4) is 0 Å². The van der Waals surface area contributed by atoms with Gasteiger partial charge in [0.1, 0.15) is 5.82 Å². The number of hydrogen-bond acceptors (Lipinski definition) is 3. The molecule has 2 N–H and O–H groups in total. The van der Waals surface area contributed by atoms with Gasteiger partial charge in [0, 0.05) is 5.69 Å². The van der Waals surface area contributed by atoms with Crippen molar-refractivity contribution in [1.29, 1.82) is 0 Å². The Bertz CT molecular complexity index is 709. The molecule has 3 rings (SSSR count). The normalized spacial score (nSPS) is 18.0. The summed E-state index contributed by atoms with van der Waals surface area (Å²) < 4.78 is 13.5. The van der Waals surface area contributed by atoms with E-state index in [9.17, 15) is 4.39 Å². The third-order valence-corrected chi connectivity index (χ3v) is 3.99. The van der Waals surface area contributed by atoms with E-state index in [-0.39, 0.29) is 11.9 Å². The summed E-state index contributed by atoms with van der Waals surface area (Å²) in [4.78, 5) is 6.23. The Kier molecular flexibility index (Phi) is 3.37. The quantitative estimate of drug-likeness (QED) is 0.918. The summed E-state index contributed by atoms with van der Waals surface area (Å²) >= 11 is 0. The van der Waals surface area contributed by atoms with Gasteiger partial charge in [-0.05, 0) is 48.7 Å². The van der Waals surface area contributed by atoms with E-state index in [1.54, 1.807) is 6.07 Å². The molecule has 0 aliphatic carbocycles. The molecule has 0 bridgehead atoms. The predicted molar refractivity (Wildman–Crippen MR) is 84.0 cm³/mol. The number of hydrogen-bond donors (Lipinski definition) is 1. The molecule has 1 aliphatic rings. The van der Waals surface area contributed by atoms with Gasteiger partial charge in [0.25, 0.3) is 0 Å². The molecule has 1 atom stereocenters. The molecule has 2 aromatic rings. The van der Waals surface area contributed by atoms with Crippen molar-refractivity contribution >= 4 is 11.6 Å². The number of aryl methyl sites for hydroxylation is 2. The number of benzene rings is 2. The summed E-state index contributed by atoms with van der Waals surface area (Å²) in [7, 11) is 0. The second-order valence-electron chi connectivity index (χ2n) is 5.41. The van der Waals surface area contributed by atoms with E-state index in [0.717, 1.165) is 11.3 Å². The fraction of sp³-hybridized carbons (Fsp3) is 0.235. The average molecular weight is 283 g/mol. The monoisotopic (exact) mass is 283 g/mol. The van der Waals surface area contributed by atoms with Crippen LogP contribution in [-0.2, 0) is 0 Å². The maximum absolute atomic E-state index is 13.5. The van der Waals surface area contributed by atoms with Crippen molar-refractivity contribution in [2.24, 2.45) is 10.7 Å². The first-order chi connectivity index (χ1) is 10.1. The summed E-state index contributed by atoms with van der Waals surface area (Å²) in [6.07, 6.45) is 0. The Morgan fingerprint density at radius 1 is 1.14 bits per heavy atom. The van der Waals surface area contributed by atoms with Crippen LogP contribution in [0.4, 0.5) is 10.1 Å². The van der Waals surface area contributed by atoms with Crippen LogP contribution >= 0.6 is 0 Å². The van der Waals surface area contributed by atoms with E-state index < -0.39 is 0 Å². The van der Waals surface area contributed by atoms with Crippen LogP contribution in [0.25, 0.3) is 0 Å². The summed E-state index contributed by atoms with van der Waals surface area (Å²) in [5, 5.41) is 0. The zero-order valence-corrected chi connectivity index (χ0v) is 12.2. The van der Waals surface area contributed by atoms with Gasteiger partial charge in [-0.2, -0.15) is 0 Å². The highest BCUT2D eigenvalue weighted by atomic mass is 19.1. The van der Waals surface area contributed by atoms with E-state index in [1.165, 1.54) is 23.3 Å². The molecule has 1 unspecified atom stereocenters. The van der Waals surface area contributed by atoms with Gasteiger partial charge in [-0.1, -0.05) is 24.3 Å². The number of nitrogens with zero attached hydrogens (tertiary/aromatic N) is 2. The minimum Gasteiger partial charge on any atom is -0.369 e. The van der Waals surface area contributed by atoms with Crippen molar-refractivity contribution in [2.75, 3.05) is 11.4 Å². The Morgan fingerprint density at radius 2 is 1.95 bits per heavy atom. The van der Waals surface area contributed by atoms with Crippen molar-refractivity contribution < 1.29 is 4.39 Å². The molecule has 1 heterocycles. The van der Waals surface area contributed by atoms with Crippen LogP contribution in [0.5, 0.6) is 0 Å². The summed E-state index contributed by atoms with van der Waals surface area (Å²) in [5.41, 5.74) is 10.4. The molecule has 0 aromatic heterocycles. The number of nitrogens with two attached hydrogens (primary N) is 1. The van der Waals surface area contributed by atoms with Gasteiger partial charge >= 0.3 is 0 Å².